The minimum atomic E-state index is -3.39. The molecule has 0 bridgehead atoms. The molecule has 0 saturated carbocycles. The predicted molar refractivity (Wildman–Crippen MR) is 52.7 cm³/mol. The molecule has 0 rings (SSSR count). The summed E-state index contributed by atoms with van der Waals surface area (Å²) in [6, 6.07) is 1.79. The lowest BCUT2D eigenvalue weighted by Gasteiger charge is -2.05. The zero-order valence-corrected chi connectivity index (χ0v) is 8.68. The highest BCUT2D eigenvalue weighted by molar-refractivity contribution is 7.95. The van der Waals surface area contributed by atoms with E-state index in [0.29, 0.717) is 6.42 Å². The van der Waals surface area contributed by atoms with Crippen LogP contribution in [0.4, 0.5) is 0 Å². The predicted octanol–water partition coefficient (Wildman–Crippen LogP) is 2.02. The van der Waals surface area contributed by atoms with E-state index in [2.05, 4.69) is 6.58 Å². The molecule has 0 spiro atoms. The zero-order chi connectivity index (χ0) is 10.3. The molecule has 1 unspecified atom stereocenters. The van der Waals surface area contributed by atoms with Crippen LogP contribution in [0.25, 0.3) is 0 Å². The molecule has 0 radical (unpaired) electrons. The number of hydrogen-bond acceptors (Lipinski definition) is 3. The Balaban J connectivity index is 4.22. The maximum Gasteiger partial charge on any atom is 0.187 e. The second-order valence-electron chi connectivity index (χ2n) is 2.87. The smallest absolute Gasteiger partial charge is 0.187 e. The Hall–Kier alpha value is -0.820. The van der Waals surface area contributed by atoms with Crippen molar-refractivity contribution in [2.45, 2.75) is 37.9 Å². The molecule has 0 heterocycles. The number of sulfone groups is 1. The van der Waals surface area contributed by atoms with E-state index in [1.54, 1.807) is 6.07 Å². The van der Waals surface area contributed by atoms with Crippen molar-refractivity contribution in [1.82, 2.24) is 0 Å². The quantitative estimate of drug-likeness (QED) is 0.618. The molecule has 0 fully saturated rings. The maximum atomic E-state index is 11.2. The van der Waals surface area contributed by atoms with E-state index in [4.69, 9.17) is 5.26 Å². The molecule has 1 atom stereocenters. The van der Waals surface area contributed by atoms with Gasteiger partial charge in [0.15, 0.2) is 15.1 Å². The molecule has 74 valence electrons. The molecular formula is C9H15NO2S. The van der Waals surface area contributed by atoms with E-state index >= 15 is 0 Å². The largest absolute Gasteiger partial charge is 0.223 e. The van der Waals surface area contributed by atoms with Gasteiger partial charge in [0.05, 0.1) is 6.07 Å². The maximum absolute atomic E-state index is 11.2. The third-order valence-corrected chi connectivity index (χ3v) is 3.44. The van der Waals surface area contributed by atoms with Crippen molar-refractivity contribution in [2.75, 3.05) is 0 Å². The van der Waals surface area contributed by atoms with Crippen molar-refractivity contribution < 1.29 is 8.42 Å². The van der Waals surface area contributed by atoms with Gasteiger partial charge in [-0.2, -0.15) is 5.26 Å². The van der Waals surface area contributed by atoms with Crippen LogP contribution in [0.3, 0.4) is 0 Å². The van der Waals surface area contributed by atoms with Crippen molar-refractivity contribution in [1.29, 1.82) is 5.26 Å². The summed E-state index contributed by atoms with van der Waals surface area (Å²) in [5.74, 6) is 0. The van der Waals surface area contributed by atoms with Gasteiger partial charge in [-0.25, -0.2) is 8.42 Å². The Morgan fingerprint density at radius 1 is 1.54 bits per heavy atom. The first kappa shape index (κ1) is 12.2. The van der Waals surface area contributed by atoms with E-state index in [-0.39, 0.29) is 0 Å². The summed E-state index contributed by atoms with van der Waals surface area (Å²) in [7, 11) is -3.39. The number of rotatable bonds is 6. The molecule has 4 heteroatoms. The molecule has 0 amide bonds. The summed E-state index contributed by atoms with van der Waals surface area (Å²) < 4.78 is 22.4. The van der Waals surface area contributed by atoms with E-state index in [0.717, 1.165) is 24.7 Å². The third-order valence-electron chi connectivity index (χ3n) is 1.84. The Bertz CT molecular complexity index is 287. The Morgan fingerprint density at radius 3 is 2.54 bits per heavy atom. The van der Waals surface area contributed by atoms with Gasteiger partial charge in [-0.15, -0.1) is 0 Å². The number of unbranched alkanes of at least 4 members (excludes halogenated alkanes) is 2. The lowest BCUT2D eigenvalue weighted by atomic mass is 10.2. The normalized spacial score (nSPS) is 13.2. The minimum absolute atomic E-state index is 0.415. The molecule has 0 aromatic rings. The summed E-state index contributed by atoms with van der Waals surface area (Å²) in [6.07, 6.45) is 3.18. The fraction of sp³-hybridized carbons (Fsp3) is 0.667. The molecule has 0 aromatic heterocycles. The van der Waals surface area contributed by atoms with Crippen LogP contribution in [-0.2, 0) is 9.84 Å². The molecule has 0 aliphatic carbocycles. The number of hydrogen-bond donors (Lipinski definition) is 0. The van der Waals surface area contributed by atoms with Crippen LogP contribution >= 0.6 is 0 Å². The van der Waals surface area contributed by atoms with Crippen molar-refractivity contribution in [3.63, 3.8) is 0 Å². The average molecular weight is 201 g/mol. The van der Waals surface area contributed by atoms with Crippen molar-refractivity contribution in [2.24, 2.45) is 0 Å². The van der Waals surface area contributed by atoms with E-state index in [9.17, 15) is 8.42 Å². The van der Waals surface area contributed by atoms with Gasteiger partial charge in [-0.3, -0.25) is 0 Å². The van der Waals surface area contributed by atoms with Crippen molar-refractivity contribution in [3.05, 3.63) is 12.0 Å². The molecular weight excluding hydrogens is 186 g/mol. The van der Waals surface area contributed by atoms with Gasteiger partial charge >= 0.3 is 0 Å². The van der Waals surface area contributed by atoms with Crippen molar-refractivity contribution in [3.8, 4) is 6.07 Å². The monoisotopic (exact) mass is 201 g/mol. The van der Waals surface area contributed by atoms with Crippen LogP contribution in [0.5, 0.6) is 0 Å². The molecule has 0 aliphatic heterocycles. The first-order valence-corrected chi connectivity index (χ1v) is 5.95. The lowest BCUT2D eigenvalue weighted by Crippen LogP contribution is -2.16. The summed E-state index contributed by atoms with van der Waals surface area (Å²) in [5.41, 5.74) is 0. The second kappa shape index (κ2) is 5.76. The van der Waals surface area contributed by atoms with Gasteiger partial charge in [0.2, 0.25) is 0 Å². The Kier molecular flexibility index (Phi) is 5.40. The number of nitriles is 1. The summed E-state index contributed by atoms with van der Waals surface area (Å²) in [6.45, 7) is 5.22. The van der Waals surface area contributed by atoms with Gasteiger partial charge in [0, 0.05) is 5.41 Å². The summed E-state index contributed by atoms with van der Waals surface area (Å²) in [5, 5.41) is 8.58. The van der Waals surface area contributed by atoms with Gasteiger partial charge in [-0.05, 0) is 6.42 Å². The topological polar surface area (TPSA) is 57.9 Å². The molecule has 3 nitrogen and oxygen atoms in total. The van der Waals surface area contributed by atoms with Crippen LogP contribution in [0.2, 0.25) is 0 Å². The highest BCUT2D eigenvalue weighted by Crippen LogP contribution is 2.11. The molecule has 0 saturated heterocycles. The number of nitrogens with zero attached hydrogens (tertiary/aromatic N) is 1. The standard InChI is InChI=1S/C9H15NO2S/c1-3-5-6-7-9(8-10)13(11,12)4-2/h4,9H,2-3,5-7H2,1H3. The molecule has 0 N–H and O–H groups in total. The van der Waals surface area contributed by atoms with Crippen LogP contribution in [0.15, 0.2) is 12.0 Å². The molecule has 0 aliphatic rings. The summed E-state index contributed by atoms with van der Waals surface area (Å²) >= 11 is 0. The van der Waals surface area contributed by atoms with Crippen molar-refractivity contribution >= 4 is 9.84 Å². The third kappa shape index (κ3) is 4.09. The van der Waals surface area contributed by atoms with Crippen LogP contribution in [0.1, 0.15) is 32.6 Å². The lowest BCUT2D eigenvalue weighted by molar-refractivity contribution is 0.586. The first-order chi connectivity index (χ1) is 6.08. The van der Waals surface area contributed by atoms with Crippen LogP contribution < -0.4 is 0 Å². The average Bonchev–Trinajstić information content (AvgIpc) is 2.12. The molecule has 13 heavy (non-hydrogen) atoms. The highest BCUT2D eigenvalue weighted by atomic mass is 32.2. The fourth-order valence-corrected chi connectivity index (χ4v) is 1.87. The van der Waals surface area contributed by atoms with Gasteiger partial charge < -0.3 is 0 Å². The van der Waals surface area contributed by atoms with Gasteiger partial charge in [-0.1, -0.05) is 32.8 Å². The van der Waals surface area contributed by atoms with E-state index in [1.165, 1.54) is 0 Å². The Labute approximate surface area is 80.0 Å². The highest BCUT2D eigenvalue weighted by Gasteiger charge is 2.20. The first-order valence-electron chi connectivity index (χ1n) is 4.34. The summed E-state index contributed by atoms with van der Waals surface area (Å²) in [4.78, 5) is 0. The van der Waals surface area contributed by atoms with Crippen LogP contribution in [0, 0.1) is 11.3 Å². The van der Waals surface area contributed by atoms with Crippen LogP contribution in [-0.4, -0.2) is 13.7 Å². The van der Waals surface area contributed by atoms with E-state index in [1.807, 2.05) is 6.92 Å². The fourth-order valence-electron chi connectivity index (χ4n) is 0.998. The molecule has 0 aromatic carbocycles. The van der Waals surface area contributed by atoms with E-state index < -0.39 is 15.1 Å². The Morgan fingerprint density at radius 2 is 2.15 bits per heavy atom. The minimum Gasteiger partial charge on any atom is -0.223 e. The second-order valence-corrected chi connectivity index (χ2v) is 4.95. The van der Waals surface area contributed by atoms with Gasteiger partial charge in [0.25, 0.3) is 0 Å². The SMILES string of the molecule is C=CS(=O)(=O)C(C#N)CCCCC. The zero-order valence-electron chi connectivity index (χ0n) is 7.86. The van der Waals surface area contributed by atoms with Gasteiger partial charge in [0.1, 0.15) is 0 Å².